The zero-order valence-electron chi connectivity index (χ0n) is 18.0. The number of benzene rings is 2. The molecule has 2 atom stereocenters. The minimum absolute atomic E-state index is 0.0388. The van der Waals surface area contributed by atoms with Crippen LogP contribution in [-0.4, -0.2) is 35.7 Å². The molecule has 0 aromatic heterocycles. The van der Waals surface area contributed by atoms with Gasteiger partial charge in [0.25, 0.3) is 0 Å². The average molecular weight is 469 g/mol. The maximum atomic E-state index is 13.1. The van der Waals surface area contributed by atoms with Gasteiger partial charge in [-0.2, -0.15) is 13.2 Å². The zero-order chi connectivity index (χ0) is 23.0. The Balaban J connectivity index is 1.42. The zero-order valence-corrected chi connectivity index (χ0v) is 18.7. The Labute approximate surface area is 191 Å². The van der Waals surface area contributed by atoms with Gasteiger partial charge in [-0.1, -0.05) is 35.9 Å². The van der Waals surface area contributed by atoms with Gasteiger partial charge in [-0.05, 0) is 61.5 Å². The lowest BCUT2D eigenvalue weighted by Gasteiger charge is -2.40. The predicted molar refractivity (Wildman–Crippen MR) is 118 cm³/mol. The Morgan fingerprint density at radius 2 is 1.91 bits per heavy atom. The lowest BCUT2D eigenvalue weighted by molar-refractivity contribution is -0.137. The third-order valence-electron chi connectivity index (χ3n) is 6.76. The molecule has 1 fully saturated rings. The minimum atomic E-state index is -4.46. The molecule has 0 aliphatic carbocycles. The number of fused-ring (bicyclic) bond motifs is 1. The standard InChI is InChI=1S/C24H28ClF3N2O2/c1-14-5-6-17-18(23(14)31)11-20(32-21(17)12-29)15-7-9-30(10-8-15)13-16-3-2-4-19(22(16)25)24(26,27)28/h2-6,15,20-21,31H,7-13,29H2,1H3/t20-,21-/m0/s1. The molecular formula is C24H28ClF3N2O2. The smallest absolute Gasteiger partial charge is 0.417 e. The molecular weight excluding hydrogens is 441 g/mol. The van der Waals surface area contributed by atoms with Crippen LogP contribution in [0.25, 0.3) is 0 Å². The second-order valence-electron chi connectivity index (χ2n) is 8.79. The highest BCUT2D eigenvalue weighted by molar-refractivity contribution is 6.32. The van der Waals surface area contributed by atoms with E-state index in [1.165, 1.54) is 6.07 Å². The third kappa shape index (κ3) is 4.62. The van der Waals surface area contributed by atoms with Crippen LogP contribution in [0.5, 0.6) is 5.75 Å². The van der Waals surface area contributed by atoms with Crippen LogP contribution in [0.15, 0.2) is 30.3 Å². The van der Waals surface area contributed by atoms with Crippen molar-refractivity contribution in [2.45, 2.75) is 51.1 Å². The Bertz CT molecular complexity index is 974. The number of piperidine rings is 1. The van der Waals surface area contributed by atoms with Gasteiger partial charge in [-0.25, -0.2) is 0 Å². The van der Waals surface area contributed by atoms with E-state index in [0.29, 0.717) is 36.7 Å². The number of ether oxygens (including phenoxy) is 1. The summed E-state index contributed by atoms with van der Waals surface area (Å²) < 4.78 is 45.8. The van der Waals surface area contributed by atoms with E-state index in [4.69, 9.17) is 22.1 Å². The molecule has 3 N–H and O–H groups in total. The third-order valence-corrected chi connectivity index (χ3v) is 7.21. The fourth-order valence-corrected chi connectivity index (χ4v) is 5.22. The van der Waals surface area contributed by atoms with Crippen molar-refractivity contribution in [3.8, 4) is 5.75 Å². The van der Waals surface area contributed by atoms with E-state index >= 15 is 0 Å². The van der Waals surface area contributed by atoms with Gasteiger partial charge >= 0.3 is 6.18 Å². The number of phenolic OH excluding ortho intramolecular Hbond substituents is 1. The highest BCUT2D eigenvalue weighted by atomic mass is 35.5. The first-order chi connectivity index (χ1) is 15.2. The van der Waals surface area contributed by atoms with Gasteiger partial charge in [0, 0.05) is 25.1 Å². The Morgan fingerprint density at radius 1 is 1.19 bits per heavy atom. The largest absolute Gasteiger partial charge is 0.507 e. The molecule has 0 unspecified atom stereocenters. The monoisotopic (exact) mass is 468 g/mol. The first kappa shape index (κ1) is 23.4. The van der Waals surface area contributed by atoms with Gasteiger partial charge in [-0.15, -0.1) is 0 Å². The molecule has 4 rings (SSSR count). The van der Waals surface area contributed by atoms with E-state index in [9.17, 15) is 18.3 Å². The molecule has 2 aromatic rings. The number of alkyl halides is 3. The van der Waals surface area contributed by atoms with E-state index < -0.39 is 11.7 Å². The SMILES string of the molecule is Cc1ccc2c(c1O)C[C@@H](C1CCN(Cc3cccc(C(F)(F)F)c3Cl)CC1)O[C@H]2CN. The number of aryl methyl sites for hydroxylation is 1. The molecule has 2 aliphatic rings. The van der Waals surface area contributed by atoms with E-state index in [1.54, 1.807) is 6.07 Å². The molecule has 4 nitrogen and oxygen atoms in total. The molecule has 0 spiro atoms. The number of likely N-dealkylation sites (tertiary alicyclic amines) is 1. The van der Waals surface area contributed by atoms with Gasteiger partial charge in [0.1, 0.15) is 5.75 Å². The second-order valence-corrected chi connectivity index (χ2v) is 9.17. The molecule has 174 valence electrons. The number of nitrogens with zero attached hydrogens (tertiary/aromatic N) is 1. The van der Waals surface area contributed by atoms with Crippen molar-refractivity contribution < 1.29 is 23.0 Å². The van der Waals surface area contributed by atoms with Crippen LogP contribution in [0.2, 0.25) is 5.02 Å². The van der Waals surface area contributed by atoms with Crippen molar-refractivity contribution >= 4 is 11.6 Å². The first-order valence-electron chi connectivity index (χ1n) is 10.9. The Morgan fingerprint density at radius 3 is 2.56 bits per heavy atom. The summed E-state index contributed by atoms with van der Waals surface area (Å²) in [4.78, 5) is 2.14. The normalized spacial score (nSPS) is 22.7. The van der Waals surface area contributed by atoms with Crippen LogP contribution >= 0.6 is 11.6 Å². The highest BCUT2D eigenvalue weighted by Gasteiger charge is 2.36. The van der Waals surface area contributed by atoms with Crippen molar-refractivity contribution in [2.75, 3.05) is 19.6 Å². The van der Waals surface area contributed by atoms with Crippen molar-refractivity contribution in [1.29, 1.82) is 0 Å². The fourth-order valence-electron chi connectivity index (χ4n) is 4.92. The summed E-state index contributed by atoms with van der Waals surface area (Å²) in [5.74, 6) is 0.621. The van der Waals surface area contributed by atoms with Gasteiger partial charge < -0.3 is 15.6 Å². The molecule has 2 heterocycles. The molecule has 2 aromatic carbocycles. The van der Waals surface area contributed by atoms with E-state index in [0.717, 1.165) is 48.7 Å². The maximum absolute atomic E-state index is 13.1. The van der Waals surface area contributed by atoms with Crippen molar-refractivity contribution in [2.24, 2.45) is 11.7 Å². The topological polar surface area (TPSA) is 58.7 Å². The van der Waals surface area contributed by atoms with Gasteiger partial charge in [0.05, 0.1) is 22.8 Å². The molecule has 8 heteroatoms. The van der Waals surface area contributed by atoms with Crippen LogP contribution < -0.4 is 5.73 Å². The van der Waals surface area contributed by atoms with Crippen LogP contribution in [-0.2, 0) is 23.9 Å². The lowest BCUT2D eigenvalue weighted by Crippen LogP contribution is -2.42. The number of hydrogen-bond acceptors (Lipinski definition) is 4. The molecule has 2 aliphatic heterocycles. The van der Waals surface area contributed by atoms with Crippen LogP contribution in [0.4, 0.5) is 13.2 Å². The van der Waals surface area contributed by atoms with Gasteiger partial charge in [0.15, 0.2) is 0 Å². The summed E-state index contributed by atoms with van der Waals surface area (Å²) in [5.41, 5.74) is 8.39. The number of nitrogens with two attached hydrogens (primary N) is 1. The van der Waals surface area contributed by atoms with E-state index in [2.05, 4.69) is 4.90 Å². The summed E-state index contributed by atoms with van der Waals surface area (Å²) in [6.07, 6.45) is -2.37. The summed E-state index contributed by atoms with van der Waals surface area (Å²) in [6, 6.07) is 7.95. The number of halogens is 4. The fraction of sp³-hybridized carbons (Fsp3) is 0.500. The highest BCUT2D eigenvalue weighted by Crippen LogP contribution is 2.41. The van der Waals surface area contributed by atoms with Crippen LogP contribution in [0, 0.1) is 12.8 Å². The van der Waals surface area contributed by atoms with Crippen molar-refractivity contribution in [1.82, 2.24) is 4.90 Å². The summed E-state index contributed by atoms with van der Waals surface area (Å²) in [5, 5.41) is 10.4. The number of rotatable bonds is 4. The van der Waals surface area contributed by atoms with Crippen LogP contribution in [0.3, 0.4) is 0 Å². The maximum Gasteiger partial charge on any atom is 0.417 e. The Hall–Kier alpha value is -1.80. The first-order valence-corrected chi connectivity index (χ1v) is 11.3. The second kappa shape index (κ2) is 9.21. The molecule has 0 saturated carbocycles. The van der Waals surface area contributed by atoms with Crippen molar-refractivity contribution in [3.05, 3.63) is 63.2 Å². The molecule has 0 amide bonds. The van der Waals surface area contributed by atoms with Crippen molar-refractivity contribution in [3.63, 3.8) is 0 Å². The van der Waals surface area contributed by atoms with Gasteiger partial charge in [-0.3, -0.25) is 4.90 Å². The summed E-state index contributed by atoms with van der Waals surface area (Å²) in [6.45, 7) is 4.11. The molecule has 0 radical (unpaired) electrons. The molecule has 1 saturated heterocycles. The average Bonchev–Trinajstić information content (AvgIpc) is 2.77. The quantitative estimate of drug-likeness (QED) is 0.645. The number of phenols is 1. The molecule has 0 bridgehead atoms. The van der Waals surface area contributed by atoms with E-state index in [1.807, 2.05) is 19.1 Å². The summed E-state index contributed by atoms with van der Waals surface area (Å²) >= 11 is 6.07. The Kier molecular flexibility index (Phi) is 6.73. The lowest BCUT2D eigenvalue weighted by atomic mass is 9.83. The molecule has 32 heavy (non-hydrogen) atoms. The summed E-state index contributed by atoms with van der Waals surface area (Å²) in [7, 11) is 0. The predicted octanol–water partition coefficient (Wildman–Crippen LogP) is 5.23. The minimum Gasteiger partial charge on any atom is -0.507 e. The van der Waals surface area contributed by atoms with E-state index in [-0.39, 0.29) is 17.2 Å². The van der Waals surface area contributed by atoms with Gasteiger partial charge in [0.2, 0.25) is 0 Å². The van der Waals surface area contributed by atoms with Crippen LogP contribution in [0.1, 0.15) is 46.8 Å². The number of hydrogen-bond donors (Lipinski definition) is 2. The number of aromatic hydroxyl groups is 1.